The quantitative estimate of drug-likeness (QED) is 0.805. The van der Waals surface area contributed by atoms with Crippen LogP contribution in [-0.4, -0.2) is 53.1 Å². The molecule has 0 spiro atoms. The minimum absolute atomic E-state index is 0.0792. The van der Waals surface area contributed by atoms with Gasteiger partial charge in [-0.2, -0.15) is 0 Å². The molecule has 26 heavy (non-hydrogen) atoms. The van der Waals surface area contributed by atoms with Crippen LogP contribution in [0.4, 0.5) is 10.1 Å². The average molecular weight is 377 g/mol. The van der Waals surface area contributed by atoms with Gasteiger partial charge in [0.1, 0.15) is 5.82 Å². The Balaban J connectivity index is 1.48. The zero-order chi connectivity index (χ0) is 18.4. The van der Waals surface area contributed by atoms with E-state index >= 15 is 0 Å². The Hall–Kier alpha value is -2.39. The van der Waals surface area contributed by atoms with E-state index in [4.69, 9.17) is 0 Å². The molecule has 0 atom stereocenters. The molecular weight excluding hydrogens is 357 g/mol. The molecule has 0 saturated carbocycles. The summed E-state index contributed by atoms with van der Waals surface area (Å²) in [6.45, 7) is 3.49. The van der Waals surface area contributed by atoms with E-state index in [1.165, 1.54) is 43.5 Å². The fourth-order valence-corrected chi connectivity index (χ4v) is 3.37. The third-order valence-corrected chi connectivity index (χ3v) is 5.00. The lowest BCUT2D eigenvalue weighted by Crippen LogP contribution is -2.37. The van der Waals surface area contributed by atoms with Gasteiger partial charge in [0.2, 0.25) is 10.0 Å². The molecule has 0 unspecified atom stereocenters. The fraction of sp³-hybridized carbons (Fsp3) is 0.412. The molecule has 138 valence electrons. The fourth-order valence-electron chi connectivity index (χ4n) is 2.71. The molecule has 2 aromatic rings. The van der Waals surface area contributed by atoms with Gasteiger partial charge in [-0.3, -0.25) is 9.59 Å². The Morgan fingerprint density at radius 2 is 1.69 bits per heavy atom. The van der Waals surface area contributed by atoms with Crippen LogP contribution >= 0.6 is 11.3 Å². The predicted molar refractivity (Wildman–Crippen MR) is 96.9 cm³/mol. The summed E-state index contributed by atoms with van der Waals surface area (Å²) >= 11 is 0.924. The molecule has 3 rings (SSSR count). The maximum atomic E-state index is 12.9. The molecule has 2 amide bonds. The number of anilines is 1. The number of likely N-dealkylation sites (tertiary alicyclic amines) is 1. The van der Waals surface area contributed by atoms with Gasteiger partial charge in [0.05, 0.1) is 0 Å². The van der Waals surface area contributed by atoms with Crippen molar-refractivity contribution in [2.75, 3.05) is 31.5 Å². The molecule has 0 radical (unpaired) electrons. The largest absolute Gasteiger partial charge is 0.349 e. The topological polar surface area (TPSA) is 87.2 Å². The lowest BCUT2D eigenvalue weighted by Gasteiger charge is -2.26. The van der Waals surface area contributed by atoms with Gasteiger partial charge in [0, 0.05) is 18.8 Å². The van der Waals surface area contributed by atoms with Crippen molar-refractivity contribution in [1.29, 1.82) is 0 Å². The summed E-state index contributed by atoms with van der Waals surface area (Å²) < 4.78 is 12.9. The zero-order valence-electron chi connectivity index (χ0n) is 14.2. The minimum atomic E-state index is -0.485. The summed E-state index contributed by atoms with van der Waals surface area (Å²) in [4.78, 5) is 26.6. The SMILES string of the molecule is O=C(NCCN1CCCCC1)c1nnc(C(=O)Nc2ccc(F)cc2)s1. The molecule has 1 saturated heterocycles. The van der Waals surface area contributed by atoms with Crippen molar-refractivity contribution < 1.29 is 14.0 Å². The summed E-state index contributed by atoms with van der Waals surface area (Å²) in [5.74, 6) is -1.20. The first-order valence-electron chi connectivity index (χ1n) is 8.53. The summed E-state index contributed by atoms with van der Waals surface area (Å²) in [5.41, 5.74) is 0.444. The van der Waals surface area contributed by atoms with Gasteiger partial charge in [-0.15, -0.1) is 10.2 Å². The van der Waals surface area contributed by atoms with Crippen molar-refractivity contribution in [2.24, 2.45) is 0 Å². The highest BCUT2D eigenvalue weighted by atomic mass is 32.1. The Labute approximate surface area is 154 Å². The van der Waals surface area contributed by atoms with Crippen molar-refractivity contribution in [1.82, 2.24) is 20.4 Å². The van der Waals surface area contributed by atoms with E-state index in [2.05, 4.69) is 25.7 Å². The highest BCUT2D eigenvalue weighted by molar-refractivity contribution is 7.15. The summed E-state index contributed by atoms with van der Waals surface area (Å²) in [6, 6.07) is 5.39. The zero-order valence-corrected chi connectivity index (χ0v) is 15.0. The summed E-state index contributed by atoms with van der Waals surface area (Å²) in [6.07, 6.45) is 3.68. The number of carbonyl (C=O) groups is 2. The van der Waals surface area contributed by atoms with Crippen LogP contribution in [-0.2, 0) is 0 Å². The highest BCUT2D eigenvalue weighted by Crippen LogP contribution is 2.14. The number of nitrogens with one attached hydrogen (secondary N) is 2. The second-order valence-corrected chi connectivity index (χ2v) is 7.01. The maximum absolute atomic E-state index is 12.9. The van der Waals surface area contributed by atoms with E-state index in [1.807, 2.05) is 0 Å². The molecule has 0 aliphatic carbocycles. The van der Waals surface area contributed by atoms with Crippen molar-refractivity contribution in [2.45, 2.75) is 19.3 Å². The lowest BCUT2D eigenvalue weighted by atomic mass is 10.1. The molecule has 1 aromatic heterocycles. The molecule has 1 aromatic carbocycles. The molecule has 2 N–H and O–H groups in total. The molecule has 7 nitrogen and oxygen atoms in total. The molecule has 0 bridgehead atoms. The van der Waals surface area contributed by atoms with Gasteiger partial charge in [-0.25, -0.2) is 4.39 Å². The third kappa shape index (κ3) is 5.06. The van der Waals surface area contributed by atoms with Crippen LogP contribution in [0.5, 0.6) is 0 Å². The number of nitrogens with zero attached hydrogens (tertiary/aromatic N) is 3. The standard InChI is InChI=1S/C17H20FN5O2S/c18-12-4-6-13(7-5-12)20-15(25)17-22-21-16(26-17)14(24)19-8-11-23-9-2-1-3-10-23/h4-7H,1-3,8-11H2,(H,19,24)(H,20,25). The van der Waals surface area contributed by atoms with E-state index in [0.29, 0.717) is 12.2 Å². The van der Waals surface area contributed by atoms with Crippen LogP contribution in [0, 0.1) is 5.82 Å². The van der Waals surface area contributed by atoms with Crippen molar-refractivity contribution in [3.05, 3.63) is 40.1 Å². The Kier molecular flexibility index (Phi) is 6.24. The second-order valence-electron chi connectivity index (χ2n) is 6.03. The van der Waals surface area contributed by atoms with E-state index in [0.717, 1.165) is 31.0 Å². The van der Waals surface area contributed by atoms with Gasteiger partial charge in [-0.05, 0) is 50.2 Å². The Morgan fingerprint density at radius 1 is 1.04 bits per heavy atom. The number of hydrogen-bond acceptors (Lipinski definition) is 6. The first-order chi connectivity index (χ1) is 12.6. The second kappa shape index (κ2) is 8.81. The van der Waals surface area contributed by atoms with Crippen LogP contribution in [0.15, 0.2) is 24.3 Å². The van der Waals surface area contributed by atoms with Crippen molar-refractivity contribution in [3.8, 4) is 0 Å². The monoisotopic (exact) mass is 377 g/mol. The molecule has 1 aliphatic rings. The van der Waals surface area contributed by atoms with Gasteiger partial charge in [-0.1, -0.05) is 17.8 Å². The average Bonchev–Trinajstić information content (AvgIpc) is 3.15. The molecule has 1 aliphatic heterocycles. The van der Waals surface area contributed by atoms with Gasteiger partial charge in [0.25, 0.3) is 11.8 Å². The number of carbonyl (C=O) groups excluding carboxylic acids is 2. The number of rotatable bonds is 6. The predicted octanol–water partition coefficient (Wildman–Crippen LogP) is 2.15. The maximum Gasteiger partial charge on any atom is 0.286 e. The Bertz CT molecular complexity index is 759. The molecular formula is C17H20FN5O2S. The smallest absolute Gasteiger partial charge is 0.286 e. The Morgan fingerprint density at radius 3 is 2.38 bits per heavy atom. The summed E-state index contributed by atoms with van der Waals surface area (Å²) in [7, 11) is 0. The van der Waals surface area contributed by atoms with Crippen LogP contribution in [0.3, 0.4) is 0 Å². The number of benzene rings is 1. The van der Waals surface area contributed by atoms with Gasteiger partial charge >= 0.3 is 0 Å². The van der Waals surface area contributed by atoms with Crippen LogP contribution in [0.2, 0.25) is 0 Å². The number of amides is 2. The van der Waals surface area contributed by atoms with Gasteiger partial charge in [0.15, 0.2) is 0 Å². The number of piperidine rings is 1. The third-order valence-electron chi connectivity index (χ3n) is 4.08. The van der Waals surface area contributed by atoms with E-state index in [9.17, 15) is 14.0 Å². The van der Waals surface area contributed by atoms with Gasteiger partial charge < -0.3 is 15.5 Å². The van der Waals surface area contributed by atoms with E-state index in [-0.39, 0.29) is 21.7 Å². The van der Waals surface area contributed by atoms with Crippen LogP contribution in [0.1, 0.15) is 38.9 Å². The first-order valence-corrected chi connectivity index (χ1v) is 9.34. The summed E-state index contributed by atoms with van der Waals surface area (Å²) in [5, 5.41) is 13.2. The molecule has 9 heteroatoms. The van der Waals surface area contributed by atoms with E-state index < -0.39 is 5.91 Å². The highest BCUT2D eigenvalue weighted by Gasteiger charge is 2.18. The van der Waals surface area contributed by atoms with Crippen LogP contribution in [0.25, 0.3) is 0 Å². The molecule has 1 fully saturated rings. The first kappa shape index (κ1) is 18.4. The van der Waals surface area contributed by atoms with Crippen LogP contribution < -0.4 is 10.6 Å². The number of aromatic nitrogens is 2. The normalized spacial score (nSPS) is 14.8. The number of halogens is 1. The molecule has 2 heterocycles. The van der Waals surface area contributed by atoms with Crippen molar-refractivity contribution >= 4 is 28.8 Å². The van der Waals surface area contributed by atoms with E-state index in [1.54, 1.807) is 0 Å². The number of hydrogen-bond donors (Lipinski definition) is 2. The minimum Gasteiger partial charge on any atom is -0.349 e. The lowest BCUT2D eigenvalue weighted by molar-refractivity contribution is 0.0944. The van der Waals surface area contributed by atoms with Crippen molar-refractivity contribution in [3.63, 3.8) is 0 Å².